The van der Waals surface area contributed by atoms with Gasteiger partial charge in [0.1, 0.15) is 0 Å². The summed E-state index contributed by atoms with van der Waals surface area (Å²) in [7, 11) is -0.232. The Morgan fingerprint density at radius 2 is 1.95 bits per heavy atom. The van der Waals surface area contributed by atoms with Crippen LogP contribution in [0.5, 0.6) is 0 Å². The number of nitrogens with one attached hydrogen (secondary N) is 1. The van der Waals surface area contributed by atoms with E-state index in [0.717, 1.165) is 31.7 Å². The van der Waals surface area contributed by atoms with E-state index in [1.54, 1.807) is 26.2 Å². The molecule has 1 aliphatic heterocycles. The monoisotopic (exact) mass is 297 g/mol. The smallest absolute Gasteiger partial charge is 0.242 e. The van der Waals surface area contributed by atoms with Crippen LogP contribution >= 0.6 is 0 Å². The molecule has 0 radical (unpaired) electrons. The lowest BCUT2D eigenvalue weighted by Gasteiger charge is -2.31. The minimum Gasteiger partial charge on any atom is -0.312 e. The lowest BCUT2D eigenvalue weighted by atomic mass is 10.1. The average molecular weight is 297 g/mol. The largest absolute Gasteiger partial charge is 0.312 e. The van der Waals surface area contributed by atoms with Gasteiger partial charge in [-0.15, -0.1) is 0 Å². The number of hydrogen-bond donors (Lipinski definition) is 1. The lowest BCUT2D eigenvalue weighted by Crippen LogP contribution is -2.48. The van der Waals surface area contributed by atoms with Crippen molar-refractivity contribution in [2.24, 2.45) is 0 Å². The van der Waals surface area contributed by atoms with Crippen molar-refractivity contribution in [1.29, 1.82) is 0 Å². The Balaban J connectivity index is 2.05. The Hall–Kier alpha value is -0.950. The van der Waals surface area contributed by atoms with Crippen molar-refractivity contribution in [2.45, 2.75) is 24.4 Å². The third kappa shape index (κ3) is 3.58. The van der Waals surface area contributed by atoms with E-state index in [1.165, 1.54) is 4.31 Å². The Bertz CT molecular complexity index is 540. The summed E-state index contributed by atoms with van der Waals surface area (Å²) >= 11 is 0. The SMILES string of the molecule is C[C@H]1CN(Cc2ccc(S(=O)(=O)N(C)C)cc2)CCN1. The number of hydrogen-bond acceptors (Lipinski definition) is 4. The molecule has 1 aromatic rings. The molecule has 5 nitrogen and oxygen atoms in total. The first-order valence-corrected chi connectivity index (χ1v) is 8.31. The molecule has 1 atom stereocenters. The summed E-state index contributed by atoms with van der Waals surface area (Å²) < 4.78 is 25.2. The molecule has 1 saturated heterocycles. The molecule has 1 heterocycles. The number of nitrogens with zero attached hydrogens (tertiary/aromatic N) is 2. The van der Waals surface area contributed by atoms with E-state index < -0.39 is 10.0 Å². The second-order valence-corrected chi connectivity index (χ2v) is 7.67. The molecule has 0 aliphatic carbocycles. The summed E-state index contributed by atoms with van der Waals surface area (Å²) in [5.74, 6) is 0. The van der Waals surface area contributed by atoms with Crippen molar-refractivity contribution in [3.63, 3.8) is 0 Å². The fourth-order valence-electron chi connectivity index (χ4n) is 2.39. The maximum Gasteiger partial charge on any atom is 0.242 e. The van der Waals surface area contributed by atoms with E-state index in [1.807, 2.05) is 12.1 Å². The van der Waals surface area contributed by atoms with Gasteiger partial charge in [0.15, 0.2) is 0 Å². The molecule has 2 rings (SSSR count). The molecule has 1 N–H and O–H groups in total. The van der Waals surface area contributed by atoms with Gasteiger partial charge < -0.3 is 5.32 Å². The highest BCUT2D eigenvalue weighted by molar-refractivity contribution is 7.89. The normalized spacial score (nSPS) is 21.3. The predicted molar refractivity (Wildman–Crippen MR) is 80.1 cm³/mol. The first-order valence-electron chi connectivity index (χ1n) is 6.87. The summed E-state index contributed by atoms with van der Waals surface area (Å²) in [6.07, 6.45) is 0. The van der Waals surface area contributed by atoms with Crippen molar-refractivity contribution in [3.05, 3.63) is 29.8 Å². The highest BCUT2D eigenvalue weighted by Gasteiger charge is 2.18. The molecular formula is C14H23N3O2S. The second-order valence-electron chi connectivity index (χ2n) is 5.52. The number of benzene rings is 1. The number of piperazine rings is 1. The highest BCUT2D eigenvalue weighted by atomic mass is 32.2. The van der Waals surface area contributed by atoms with Gasteiger partial charge in [-0.05, 0) is 24.6 Å². The molecule has 0 unspecified atom stereocenters. The maximum atomic E-state index is 12.0. The first kappa shape index (κ1) is 15.4. The molecule has 1 fully saturated rings. The Kier molecular flexibility index (Phi) is 4.80. The molecule has 0 aromatic heterocycles. The van der Waals surface area contributed by atoms with Gasteiger partial charge in [0.25, 0.3) is 0 Å². The maximum absolute atomic E-state index is 12.0. The minimum atomic E-state index is -3.33. The molecule has 0 saturated carbocycles. The van der Waals surface area contributed by atoms with E-state index in [9.17, 15) is 8.42 Å². The molecule has 1 aromatic carbocycles. The molecule has 1 aliphatic rings. The van der Waals surface area contributed by atoms with E-state index in [2.05, 4.69) is 17.1 Å². The van der Waals surface area contributed by atoms with Crippen LogP contribution in [0, 0.1) is 0 Å². The van der Waals surface area contributed by atoms with Gasteiger partial charge in [0.05, 0.1) is 4.90 Å². The second kappa shape index (κ2) is 6.22. The van der Waals surface area contributed by atoms with Crippen LogP contribution in [0.1, 0.15) is 12.5 Å². The van der Waals surface area contributed by atoms with Crippen molar-refractivity contribution in [2.75, 3.05) is 33.7 Å². The number of sulfonamides is 1. The fourth-order valence-corrected chi connectivity index (χ4v) is 3.29. The Morgan fingerprint density at radius 1 is 1.30 bits per heavy atom. The van der Waals surface area contributed by atoms with Crippen LogP contribution in [0.4, 0.5) is 0 Å². The van der Waals surface area contributed by atoms with Gasteiger partial charge in [0, 0.05) is 46.3 Å². The van der Waals surface area contributed by atoms with Crippen molar-refractivity contribution >= 4 is 10.0 Å². The molecule has 20 heavy (non-hydrogen) atoms. The molecule has 0 spiro atoms. The van der Waals surface area contributed by atoms with Gasteiger partial charge in [-0.2, -0.15) is 0 Å². The van der Waals surface area contributed by atoms with Gasteiger partial charge >= 0.3 is 0 Å². The molecule has 0 bridgehead atoms. The summed E-state index contributed by atoms with van der Waals surface area (Å²) in [6, 6.07) is 7.70. The highest BCUT2D eigenvalue weighted by Crippen LogP contribution is 2.15. The third-order valence-corrected chi connectivity index (χ3v) is 5.39. The zero-order valence-corrected chi connectivity index (χ0v) is 13.2. The van der Waals surface area contributed by atoms with Crippen LogP contribution in [0.3, 0.4) is 0 Å². The Labute approximate surface area is 121 Å². The van der Waals surface area contributed by atoms with Gasteiger partial charge in [0.2, 0.25) is 10.0 Å². The predicted octanol–water partition coefficient (Wildman–Crippen LogP) is 0.731. The summed E-state index contributed by atoms with van der Waals surface area (Å²) in [5, 5.41) is 3.41. The Morgan fingerprint density at radius 3 is 2.50 bits per heavy atom. The van der Waals surface area contributed by atoms with E-state index in [0.29, 0.717) is 10.9 Å². The number of rotatable bonds is 4. The van der Waals surface area contributed by atoms with Crippen LogP contribution in [0.25, 0.3) is 0 Å². The summed E-state index contributed by atoms with van der Waals surface area (Å²) in [5.41, 5.74) is 1.15. The van der Waals surface area contributed by atoms with Crippen LogP contribution < -0.4 is 5.32 Å². The standard InChI is InChI=1S/C14H23N3O2S/c1-12-10-17(9-8-15-12)11-13-4-6-14(7-5-13)20(18,19)16(2)3/h4-7,12,15H,8-11H2,1-3H3/t12-/m0/s1. The molecule has 6 heteroatoms. The van der Waals surface area contributed by atoms with Crippen molar-refractivity contribution in [1.82, 2.24) is 14.5 Å². The van der Waals surface area contributed by atoms with Crippen LogP contribution in [0.2, 0.25) is 0 Å². The minimum absolute atomic E-state index is 0.347. The van der Waals surface area contributed by atoms with Crippen molar-refractivity contribution < 1.29 is 8.42 Å². The van der Waals surface area contributed by atoms with Crippen LogP contribution in [-0.2, 0) is 16.6 Å². The van der Waals surface area contributed by atoms with E-state index in [-0.39, 0.29) is 0 Å². The molecular weight excluding hydrogens is 274 g/mol. The first-order chi connectivity index (χ1) is 9.39. The third-order valence-electron chi connectivity index (χ3n) is 3.56. The topological polar surface area (TPSA) is 52.7 Å². The average Bonchev–Trinajstić information content (AvgIpc) is 2.39. The van der Waals surface area contributed by atoms with Gasteiger partial charge in [-0.3, -0.25) is 4.90 Å². The van der Waals surface area contributed by atoms with Crippen molar-refractivity contribution in [3.8, 4) is 0 Å². The van der Waals surface area contributed by atoms with Crippen LogP contribution in [-0.4, -0.2) is 57.4 Å². The fraction of sp³-hybridized carbons (Fsp3) is 0.571. The lowest BCUT2D eigenvalue weighted by molar-refractivity contribution is 0.199. The quantitative estimate of drug-likeness (QED) is 0.890. The summed E-state index contributed by atoms with van der Waals surface area (Å²) in [4.78, 5) is 2.73. The zero-order chi connectivity index (χ0) is 14.8. The van der Waals surface area contributed by atoms with Gasteiger partial charge in [-0.1, -0.05) is 12.1 Å². The van der Waals surface area contributed by atoms with Gasteiger partial charge in [-0.25, -0.2) is 12.7 Å². The van der Waals surface area contributed by atoms with Crippen LogP contribution in [0.15, 0.2) is 29.2 Å². The molecule has 0 amide bonds. The summed E-state index contributed by atoms with van der Waals surface area (Å²) in [6.45, 7) is 6.11. The van der Waals surface area contributed by atoms with E-state index >= 15 is 0 Å². The van der Waals surface area contributed by atoms with E-state index in [4.69, 9.17) is 0 Å². The zero-order valence-electron chi connectivity index (χ0n) is 12.3. The molecule has 112 valence electrons.